The number of hydrogen-bond donors (Lipinski definition) is 0. The van der Waals surface area contributed by atoms with Crippen molar-refractivity contribution in [2.45, 2.75) is 12.2 Å². The van der Waals surface area contributed by atoms with Gasteiger partial charge < -0.3 is 0 Å². The zero-order valence-electron chi connectivity index (χ0n) is 5.37. The fourth-order valence-electron chi connectivity index (χ4n) is 0.700. The standard InChI is InChI=1S/C4H6Cl2O4S/c5-1-3-4(2-6)10-11(7,8)9-3/h3-4H,1-2H2. The van der Waals surface area contributed by atoms with E-state index in [-0.39, 0.29) is 11.8 Å². The zero-order chi connectivity index (χ0) is 8.48. The quantitative estimate of drug-likeness (QED) is 0.637. The summed E-state index contributed by atoms with van der Waals surface area (Å²) in [5.41, 5.74) is 0. The highest BCUT2D eigenvalue weighted by atomic mass is 35.5. The van der Waals surface area contributed by atoms with Gasteiger partial charge in [0.25, 0.3) is 0 Å². The van der Waals surface area contributed by atoms with Gasteiger partial charge in [0.05, 0.1) is 11.8 Å². The molecular weight excluding hydrogens is 215 g/mol. The van der Waals surface area contributed by atoms with Gasteiger partial charge in [-0.25, -0.2) is 8.37 Å². The predicted molar refractivity (Wildman–Crippen MR) is 40.1 cm³/mol. The zero-order valence-corrected chi connectivity index (χ0v) is 7.69. The molecule has 1 rings (SSSR count). The van der Waals surface area contributed by atoms with Crippen molar-refractivity contribution in [3.63, 3.8) is 0 Å². The number of rotatable bonds is 2. The third kappa shape index (κ3) is 2.19. The Hall–Kier alpha value is 0.450. The van der Waals surface area contributed by atoms with E-state index in [1.807, 2.05) is 0 Å². The van der Waals surface area contributed by atoms with Gasteiger partial charge in [0, 0.05) is 0 Å². The Morgan fingerprint density at radius 2 is 1.45 bits per heavy atom. The minimum absolute atomic E-state index is 0.0522. The lowest BCUT2D eigenvalue weighted by Gasteiger charge is -2.06. The molecule has 1 heterocycles. The minimum atomic E-state index is -3.84. The second-order valence-corrected chi connectivity index (χ2v) is 3.80. The van der Waals surface area contributed by atoms with Crippen molar-refractivity contribution < 1.29 is 16.8 Å². The Labute approximate surface area is 74.7 Å². The summed E-state index contributed by atoms with van der Waals surface area (Å²) in [5, 5.41) is 0. The highest BCUT2D eigenvalue weighted by molar-refractivity contribution is 7.82. The third-order valence-electron chi connectivity index (χ3n) is 1.20. The first-order chi connectivity index (χ1) is 5.09. The molecule has 0 spiro atoms. The molecule has 0 aromatic heterocycles. The fourth-order valence-corrected chi connectivity index (χ4v) is 2.41. The minimum Gasteiger partial charge on any atom is -0.241 e. The molecule has 0 radical (unpaired) electrons. The van der Waals surface area contributed by atoms with Crippen LogP contribution < -0.4 is 0 Å². The molecule has 0 saturated carbocycles. The fraction of sp³-hybridized carbons (Fsp3) is 1.00. The maximum absolute atomic E-state index is 10.6. The molecular formula is C4H6Cl2O4S. The van der Waals surface area contributed by atoms with E-state index in [0.717, 1.165) is 0 Å². The Balaban J connectivity index is 2.70. The van der Waals surface area contributed by atoms with Crippen LogP contribution in [0.15, 0.2) is 0 Å². The first kappa shape index (κ1) is 9.54. The van der Waals surface area contributed by atoms with Crippen LogP contribution in [-0.2, 0) is 18.8 Å². The van der Waals surface area contributed by atoms with Gasteiger partial charge in [0.15, 0.2) is 0 Å². The smallest absolute Gasteiger partial charge is 0.241 e. The van der Waals surface area contributed by atoms with Gasteiger partial charge in [-0.3, -0.25) is 0 Å². The lowest BCUT2D eigenvalue weighted by atomic mass is 10.3. The van der Waals surface area contributed by atoms with Crippen molar-refractivity contribution in [2.24, 2.45) is 0 Å². The molecule has 0 N–H and O–H groups in total. The molecule has 0 amide bonds. The van der Waals surface area contributed by atoms with E-state index in [1.54, 1.807) is 0 Å². The summed E-state index contributed by atoms with van der Waals surface area (Å²) >= 11 is 10.8. The second-order valence-electron chi connectivity index (χ2n) is 1.99. The van der Waals surface area contributed by atoms with Gasteiger partial charge in [-0.1, -0.05) is 0 Å². The van der Waals surface area contributed by atoms with Gasteiger partial charge in [-0.15, -0.1) is 23.2 Å². The predicted octanol–water partition coefficient (Wildman–Crippen LogP) is 0.493. The highest BCUT2D eigenvalue weighted by Crippen LogP contribution is 2.22. The summed E-state index contributed by atoms with van der Waals surface area (Å²) in [4.78, 5) is 0. The first-order valence-corrected chi connectivity index (χ1v) is 5.22. The van der Waals surface area contributed by atoms with Crippen LogP contribution in [0.1, 0.15) is 0 Å². The summed E-state index contributed by atoms with van der Waals surface area (Å²) in [6.45, 7) is 0. The normalized spacial score (nSPS) is 35.8. The molecule has 11 heavy (non-hydrogen) atoms. The topological polar surface area (TPSA) is 52.6 Å². The van der Waals surface area contributed by atoms with Crippen LogP contribution >= 0.6 is 23.2 Å². The van der Waals surface area contributed by atoms with Crippen molar-refractivity contribution in [1.29, 1.82) is 0 Å². The molecule has 4 nitrogen and oxygen atoms in total. The van der Waals surface area contributed by atoms with Crippen molar-refractivity contribution in [2.75, 3.05) is 11.8 Å². The summed E-state index contributed by atoms with van der Waals surface area (Å²) in [6, 6.07) is 0. The first-order valence-electron chi connectivity index (χ1n) is 2.82. The highest BCUT2D eigenvalue weighted by Gasteiger charge is 2.38. The molecule has 0 aromatic carbocycles. The summed E-state index contributed by atoms with van der Waals surface area (Å²) in [6.07, 6.45) is -1.31. The van der Waals surface area contributed by atoms with Crippen LogP contribution in [0.2, 0.25) is 0 Å². The van der Waals surface area contributed by atoms with Gasteiger partial charge >= 0.3 is 10.4 Å². The van der Waals surface area contributed by atoms with Gasteiger partial charge in [0.1, 0.15) is 12.2 Å². The maximum Gasteiger partial charge on any atom is 0.400 e. The summed E-state index contributed by atoms with van der Waals surface area (Å²) in [5.74, 6) is 0.104. The van der Waals surface area contributed by atoms with Crippen molar-refractivity contribution in [3.8, 4) is 0 Å². The van der Waals surface area contributed by atoms with E-state index in [1.165, 1.54) is 0 Å². The average Bonchev–Trinajstić information content (AvgIpc) is 2.25. The molecule has 1 saturated heterocycles. The average molecular weight is 221 g/mol. The Morgan fingerprint density at radius 3 is 1.73 bits per heavy atom. The largest absolute Gasteiger partial charge is 0.400 e. The van der Waals surface area contributed by atoms with E-state index in [2.05, 4.69) is 8.37 Å². The second kappa shape index (κ2) is 3.45. The Morgan fingerprint density at radius 1 is 1.09 bits per heavy atom. The molecule has 2 unspecified atom stereocenters. The molecule has 66 valence electrons. The lowest BCUT2D eigenvalue weighted by molar-refractivity contribution is 0.193. The molecule has 1 fully saturated rings. The maximum atomic E-state index is 10.6. The van der Waals surface area contributed by atoms with Gasteiger partial charge in [-0.2, -0.15) is 8.42 Å². The van der Waals surface area contributed by atoms with Crippen LogP contribution in [-0.4, -0.2) is 32.4 Å². The van der Waals surface area contributed by atoms with E-state index >= 15 is 0 Å². The Kier molecular flexibility index (Phi) is 2.99. The molecule has 1 aliphatic heterocycles. The van der Waals surface area contributed by atoms with Gasteiger partial charge in [-0.05, 0) is 0 Å². The van der Waals surface area contributed by atoms with E-state index in [9.17, 15) is 8.42 Å². The van der Waals surface area contributed by atoms with Crippen LogP contribution in [0.25, 0.3) is 0 Å². The van der Waals surface area contributed by atoms with E-state index in [4.69, 9.17) is 23.2 Å². The van der Waals surface area contributed by atoms with E-state index in [0.29, 0.717) is 0 Å². The van der Waals surface area contributed by atoms with Crippen LogP contribution in [0.4, 0.5) is 0 Å². The monoisotopic (exact) mass is 220 g/mol. The molecule has 0 bridgehead atoms. The molecule has 1 aliphatic rings. The molecule has 0 aliphatic carbocycles. The van der Waals surface area contributed by atoms with Crippen molar-refractivity contribution >= 4 is 33.6 Å². The lowest BCUT2D eigenvalue weighted by Crippen LogP contribution is -2.25. The molecule has 7 heteroatoms. The SMILES string of the molecule is O=S1(=O)OC(CCl)C(CCl)O1. The summed E-state index contributed by atoms with van der Waals surface area (Å²) < 4.78 is 30.1. The van der Waals surface area contributed by atoms with Crippen LogP contribution in [0.5, 0.6) is 0 Å². The third-order valence-corrected chi connectivity index (χ3v) is 2.78. The van der Waals surface area contributed by atoms with E-state index < -0.39 is 22.6 Å². The number of alkyl halides is 2. The number of hydrogen-bond acceptors (Lipinski definition) is 4. The Bertz CT molecular complexity index is 208. The van der Waals surface area contributed by atoms with Crippen LogP contribution in [0, 0.1) is 0 Å². The molecule has 2 atom stereocenters. The van der Waals surface area contributed by atoms with Crippen molar-refractivity contribution in [3.05, 3.63) is 0 Å². The summed E-state index contributed by atoms with van der Waals surface area (Å²) in [7, 11) is -3.84. The van der Waals surface area contributed by atoms with Gasteiger partial charge in [0.2, 0.25) is 0 Å². The van der Waals surface area contributed by atoms with Crippen LogP contribution in [0.3, 0.4) is 0 Å². The van der Waals surface area contributed by atoms with Crippen molar-refractivity contribution in [1.82, 2.24) is 0 Å². The number of halogens is 2. The molecule has 0 aromatic rings.